The summed E-state index contributed by atoms with van der Waals surface area (Å²) in [7, 11) is -0.990. The van der Waals surface area contributed by atoms with Gasteiger partial charge in [0.1, 0.15) is 5.82 Å². The van der Waals surface area contributed by atoms with E-state index in [4.69, 9.17) is 0 Å². The molecule has 2 N–H and O–H groups in total. The van der Waals surface area contributed by atoms with Crippen LogP contribution in [-0.2, 0) is 10.0 Å². The van der Waals surface area contributed by atoms with Gasteiger partial charge < -0.3 is 15.3 Å². The van der Waals surface area contributed by atoms with Crippen molar-refractivity contribution in [1.82, 2.24) is 9.21 Å². The van der Waals surface area contributed by atoms with Gasteiger partial charge in [-0.1, -0.05) is 0 Å². The number of likely N-dealkylation sites (tertiary alicyclic amines) is 1. The second kappa shape index (κ2) is 6.81. The van der Waals surface area contributed by atoms with Gasteiger partial charge >= 0.3 is 6.03 Å². The Morgan fingerprint density at radius 1 is 1.43 bits per heavy atom. The van der Waals surface area contributed by atoms with Crippen molar-refractivity contribution in [2.45, 2.75) is 23.8 Å². The van der Waals surface area contributed by atoms with E-state index in [0.717, 1.165) is 22.5 Å². The zero-order valence-corrected chi connectivity index (χ0v) is 13.8. The standard InChI is InChI=1S/C14H20FN3O4S/c1-17(2)23(21,22)11-5-6-12(15)13(8-11)16-14(20)18-7-3-4-10(19)9-18/h5-6,8,10,19H,3-4,7,9H2,1-2H3,(H,16,20)/t10-/m1/s1. The topological polar surface area (TPSA) is 90.0 Å². The van der Waals surface area contributed by atoms with E-state index in [1.165, 1.54) is 19.0 Å². The van der Waals surface area contributed by atoms with E-state index >= 15 is 0 Å². The van der Waals surface area contributed by atoms with Crippen molar-refractivity contribution >= 4 is 21.7 Å². The van der Waals surface area contributed by atoms with Gasteiger partial charge in [0.05, 0.1) is 16.7 Å². The third kappa shape index (κ3) is 3.98. The molecule has 0 aromatic heterocycles. The van der Waals surface area contributed by atoms with Gasteiger partial charge in [0.15, 0.2) is 0 Å². The number of urea groups is 1. The van der Waals surface area contributed by atoms with Gasteiger partial charge in [0.25, 0.3) is 0 Å². The Hall–Kier alpha value is -1.71. The van der Waals surface area contributed by atoms with Crippen LogP contribution in [0.3, 0.4) is 0 Å². The molecule has 1 aliphatic rings. The van der Waals surface area contributed by atoms with Crippen LogP contribution in [0.4, 0.5) is 14.9 Å². The number of sulfonamides is 1. The molecule has 9 heteroatoms. The maximum atomic E-state index is 13.9. The number of aliphatic hydroxyl groups excluding tert-OH is 1. The van der Waals surface area contributed by atoms with E-state index in [0.29, 0.717) is 19.4 Å². The number of piperidine rings is 1. The Bertz CT molecular complexity index is 693. The second-order valence-electron chi connectivity index (χ2n) is 5.60. The van der Waals surface area contributed by atoms with Gasteiger partial charge in [0.2, 0.25) is 10.0 Å². The van der Waals surface area contributed by atoms with E-state index in [1.54, 1.807) is 0 Å². The first kappa shape index (κ1) is 17.6. The van der Waals surface area contributed by atoms with Gasteiger partial charge in [-0.15, -0.1) is 0 Å². The van der Waals surface area contributed by atoms with Crippen LogP contribution in [0, 0.1) is 5.82 Å². The average Bonchev–Trinajstić information content (AvgIpc) is 2.49. The molecule has 1 atom stereocenters. The van der Waals surface area contributed by atoms with Crippen LogP contribution < -0.4 is 5.32 Å². The molecule has 0 saturated carbocycles. The number of carbonyl (C=O) groups is 1. The molecule has 0 unspecified atom stereocenters. The van der Waals surface area contributed by atoms with Crippen molar-refractivity contribution < 1.29 is 22.7 Å². The van der Waals surface area contributed by atoms with E-state index < -0.39 is 28.0 Å². The predicted octanol–water partition coefficient (Wildman–Crippen LogP) is 1.06. The SMILES string of the molecule is CN(C)S(=O)(=O)c1ccc(F)c(NC(=O)N2CCC[C@@H](O)C2)c1. The highest BCUT2D eigenvalue weighted by atomic mass is 32.2. The number of hydrogen-bond acceptors (Lipinski definition) is 4. The van der Waals surface area contributed by atoms with E-state index in [1.807, 2.05) is 0 Å². The fourth-order valence-electron chi connectivity index (χ4n) is 2.30. The molecule has 0 spiro atoms. The van der Waals surface area contributed by atoms with Gasteiger partial charge in [-0.2, -0.15) is 0 Å². The molecule has 2 amide bonds. The number of rotatable bonds is 3. The molecule has 1 heterocycles. The summed E-state index contributed by atoms with van der Waals surface area (Å²) in [5.41, 5.74) is -0.210. The van der Waals surface area contributed by atoms with Gasteiger partial charge in [0, 0.05) is 27.2 Å². The maximum Gasteiger partial charge on any atom is 0.322 e. The Morgan fingerprint density at radius 2 is 2.13 bits per heavy atom. The molecule has 0 radical (unpaired) electrons. The molecule has 1 fully saturated rings. The predicted molar refractivity (Wildman–Crippen MR) is 83.1 cm³/mol. The highest BCUT2D eigenvalue weighted by molar-refractivity contribution is 7.89. The number of halogens is 1. The molecule has 23 heavy (non-hydrogen) atoms. The Kier molecular flexibility index (Phi) is 5.23. The fourth-order valence-corrected chi connectivity index (χ4v) is 3.23. The van der Waals surface area contributed by atoms with Crippen molar-refractivity contribution in [2.24, 2.45) is 0 Å². The lowest BCUT2D eigenvalue weighted by Crippen LogP contribution is -2.44. The molecule has 1 saturated heterocycles. The first-order valence-corrected chi connectivity index (χ1v) is 8.62. The minimum Gasteiger partial charge on any atom is -0.391 e. The lowest BCUT2D eigenvalue weighted by atomic mass is 10.1. The number of carbonyl (C=O) groups excluding carboxylic acids is 1. The highest BCUT2D eigenvalue weighted by Gasteiger charge is 2.24. The van der Waals surface area contributed by atoms with E-state index in [9.17, 15) is 22.7 Å². The number of aliphatic hydroxyl groups is 1. The van der Waals surface area contributed by atoms with Crippen LogP contribution in [0.25, 0.3) is 0 Å². The molecule has 7 nitrogen and oxygen atoms in total. The first-order chi connectivity index (χ1) is 10.7. The third-order valence-electron chi connectivity index (χ3n) is 3.64. The van der Waals surface area contributed by atoms with Crippen molar-refractivity contribution in [3.8, 4) is 0 Å². The second-order valence-corrected chi connectivity index (χ2v) is 7.75. The zero-order valence-electron chi connectivity index (χ0n) is 13.0. The quantitative estimate of drug-likeness (QED) is 0.857. The van der Waals surface area contributed by atoms with Crippen LogP contribution in [0.5, 0.6) is 0 Å². The number of benzene rings is 1. The summed E-state index contributed by atoms with van der Waals surface area (Å²) in [4.78, 5) is 13.4. The summed E-state index contributed by atoms with van der Waals surface area (Å²) < 4.78 is 39.0. The molecule has 1 aromatic carbocycles. The number of nitrogens with one attached hydrogen (secondary N) is 1. The van der Waals surface area contributed by atoms with Crippen molar-refractivity contribution in [3.05, 3.63) is 24.0 Å². The van der Waals surface area contributed by atoms with Crippen LogP contribution in [-0.4, -0.2) is 62.0 Å². The van der Waals surface area contributed by atoms with Crippen LogP contribution >= 0.6 is 0 Å². The van der Waals surface area contributed by atoms with E-state index in [-0.39, 0.29) is 17.1 Å². The summed E-state index contributed by atoms with van der Waals surface area (Å²) in [6.07, 6.45) is 0.681. The Labute approximate surface area is 134 Å². The van der Waals surface area contributed by atoms with Gasteiger partial charge in [-0.25, -0.2) is 21.9 Å². The first-order valence-electron chi connectivity index (χ1n) is 7.18. The summed E-state index contributed by atoms with van der Waals surface area (Å²) in [5, 5.41) is 12.0. The van der Waals surface area contributed by atoms with Gasteiger partial charge in [-0.05, 0) is 31.0 Å². The lowest BCUT2D eigenvalue weighted by Gasteiger charge is -2.30. The zero-order chi connectivity index (χ0) is 17.2. The monoisotopic (exact) mass is 345 g/mol. The van der Waals surface area contributed by atoms with E-state index in [2.05, 4.69) is 5.32 Å². The van der Waals surface area contributed by atoms with Gasteiger partial charge in [-0.3, -0.25) is 0 Å². The summed E-state index contributed by atoms with van der Waals surface area (Å²) in [6.45, 7) is 0.628. The van der Waals surface area contributed by atoms with Crippen molar-refractivity contribution in [1.29, 1.82) is 0 Å². The third-order valence-corrected chi connectivity index (χ3v) is 5.45. The summed E-state index contributed by atoms with van der Waals surface area (Å²) in [5.74, 6) is -0.728. The Balaban J connectivity index is 2.21. The highest BCUT2D eigenvalue weighted by Crippen LogP contribution is 2.22. The summed E-state index contributed by atoms with van der Waals surface area (Å²) in [6, 6.07) is 2.66. The fraction of sp³-hybridized carbons (Fsp3) is 0.500. The smallest absolute Gasteiger partial charge is 0.322 e. The number of hydrogen-bond donors (Lipinski definition) is 2. The largest absolute Gasteiger partial charge is 0.391 e. The Morgan fingerprint density at radius 3 is 2.74 bits per heavy atom. The van der Waals surface area contributed by atoms with Crippen LogP contribution in [0.1, 0.15) is 12.8 Å². The molecule has 0 aliphatic carbocycles. The summed E-state index contributed by atoms with van der Waals surface area (Å²) >= 11 is 0. The van der Waals surface area contributed by atoms with Crippen molar-refractivity contribution in [2.75, 3.05) is 32.5 Å². The number of β-amino-alcohol motifs (C(OH)–C–C–N with tert-alkyl or cyclic N) is 1. The maximum absolute atomic E-state index is 13.9. The number of nitrogens with zero attached hydrogens (tertiary/aromatic N) is 2. The van der Waals surface area contributed by atoms with Crippen molar-refractivity contribution in [3.63, 3.8) is 0 Å². The molecular formula is C14H20FN3O4S. The minimum atomic E-state index is -3.72. The van der Waals surface area contributed by atoms with Crippen LogP contribution in [0.2, 0.25) is 0 Å². The normalized spacial score (nSPS) is 19.0. The van der Waals surface area contributed by atoms with Crippen LogP contribution in [0.15, 0.2) is 23.1 Å². The number of anilines is 1. The number of amides is 2. The molecule has 1 aromatic rings. The minimum absolute atomic E-state index is 0.113. The molecule has 0 bridgehead atoms. The lowest BCUT2D eigenvalue weighted by molar-refractivity contribution is 0.0883. The molecular weight excluding hydrogens is 325 g/mol. The molecule has 2 rings (SSSR count). The molecule has 128 valence electrons. The molecule has 1 aliphatic heterocycles. The average molecular weight is 345 g/mol.